The third kappa shape index (κ3) is 3.64. The molecular weight excluding hydrogens is 286 g/mol. The molecule has 0 spiro atoms. The predicted molar refractivity (Wildman–Crippen MR) is 83.2 cm³/mol. The molecule has 1 saturated carbocycles. The number of hydrogen-bond acceptors (Lipinski definition) is 3. The Hall–Kier alpha value is -1.36. The number of nitrogens with one attached hydrogen (secondary N) is 1. The van der Waals surface area contributed by atoms with Crippen molar-refractivity contribution in [3.05, 3.63) is 22.4 Å². The summed E-state index contributed by atoms with van der Waals surface area (Å²) in [5.41, 5.74) is -0.376. The molecule has 0 bridgehead atoms. The number of hydrogen-bond donors (Lipinski definition) is 2. The van der Waals surface area contributed by atoms with Gasteiger partial charge in [0, 0.05) is 10.3 Å². The Morgan fingerprint density at radius 3 is 2.52 bits per heavy atom. The summed E-state index contributed by atoms with van der Waals surface area (Å²) in [6.45, 7) is 4.22. The maximum atomic E-state index is 12.7. The molecule has 1 amide bonds. The molecule has 0 saturated heterocycles. The number of carbonyl (C=O) groups is 2. The second kappa shape index (κ2) is 6.60. The molecule has 0 aromatic carbocycles. The van der Waals surface area contributed by atoms with E-state index in [2.05, 4.69) is 19.2 Å². The smallest absolute Gasteiger partial charge is 0.331 e. The second-order valence-electron chi connectivity index (χ2n) is 6.35. The zero-order chi connectivity index (χ0) is 15.5. The van der Waals surface area contributed by atoms with Crippen LogP contribution in [0.4, 0.5) is 0 Å². The van der Waals surface area contributed by atoms with Gasteiger partial charge in [-0.3, -0.25) is 4.79 Å². The SMILES string of the molecule is CC(C)CC1(C(=O)NC(C(=O)O)c2cccs2)CCCC1. The first kappa shape index (κ1) is 16.0. The molecule has 1 heterocycles. The van der Waals surface area contributed by atoms with Crippen LogP contribution in [0.2, 0.25) is 0 Å². The highest BCUT2D eigenvalue weighted by atomic mass is 32.1. The van der Waals surface area contributed by atoms with Gasteiger partial charge in [-0.05, 0) is 36.6 Å². The van der Waals surface area contributed by atoms with Crippen molar-refractivity contribution in [1.29, 1.82) is 0 Å². The van der Waals surface area contributed by atoms with E-state index in [4.69, 9.17) is 0 Å². The van der Waals surface area contributed by atoms with Crippen LogP contribution in [0.1, 0.15) is 56.9 Å². The highest BCUT2D eigenvalue weighted by molar-refractivity contribution is 7.10. The van der Waals surface area contributed by atoms with E-state index in [0.29, 0.717) is 10.8 Å². The largest absolute Gasteiger partial charge is 0.479 e. The van der Waals surface area contributed by atoms with Gasteiger partial charge in [0.2, 0.25) is 5.91 Å². The molecule has 5 heteroatoms. The normalized spacial score (nSPS) is 18.6. The van der Waals surface area contributed by atoms with Crippen LogP contribution in [-0.4, -0.2) is 17.0 Å². The summed E-state index contributed by atoms with van der Waals surface area (Å²) in [6.07, 6.45) is 4.67. The molecule has 1 atom stereocenters. The van der Waals surface area contributed by atoms with Crippen LogP contribution in [0, 0.1) is 11.3 Å². The molecule has 1 aliphatic rings. The molecule has 2 N–H and O–H groups in total. The van der Waals surface area contributed by atoms with E-state index in [9.17, 15) is 14.7 Å². The Morgan fingerprint density at radius 2 is 2.05 bits per heavy atom. The van der Waals surface area contributed by atoms with Gasteiger partial charge in [0.25, 0.3) is 0 Å². The molecule has 2 rings (SSSR count). The van der Waals surface area contributed by atoms with E-state index in [1.807, 2.05) is 11.4 Å². The van der Waals surface area contributed by atoms with Gasteiger partial charge in [0.15, 0.2) is 6.04 Å². The van der Waals surface area contributed by atoms with Crippen molar-refractivity contribution in [3.63, 3.8) is 0 Å². The fourth-order valence-electron chi connectivity index (χ4n) is 3.35. The monoisotopic (exact) mass is 309 g/mol. The van der Waals surface area contributed by atoms with Crippen LogP contribution < -0.4 is 5.32 Å². The average molecular weight is 309 g/mol. The fraction of sp³-hybridized carbons (Fsp3) is 0.625. The van der Waals surface area contributed by atoms with Gasteiger partial charge in [-0.2, -0.15) is 0 Å². The van der Waals surface area contributed by atoms with Crippen molar-refractivity contribution in [3.8, 4) is 0 Å². The maximum Gasteiger partial charge on any atom is 0.331 e. The molecule has 1 aromatic rings. The van der Waals surface area contributed by atoms with Crippen molar-refractivity contribution in [2.45, 2.75) is 52.0 Å². The summed E-state index contributed by atoms with van der Waals surface area (Å²) < 4.78 is 0. The molecule has 116 valence electrons. The minimum Gasteiger partial charge on any atom is -0.479 e. The lowest BCUT2D eigenvalue weighted by Crippen LogP contribution is -2.43. The standard InChI is InChI=1S/C16H23NO3S/c1-11(2)10-16(7-3-4-8-16)15(20)17-13(14(18)19)12-6-5-9-21-12/h5-6,9,11,13H,3-4,7-8,10H2,1-2H3,(H,17,20)(H,18,19). The third-order valence-corrected chi connectivity index (χ3v) is 5.13. The van der Waals surface area contributed by atoms with Crippen LogP contribution in [0.15, 0.2) is 17.5 Å². The van der Waals surface area contributed by atoms with E-state index < -0.39 is 12.0 Å². The van der Waals surface area contributed by atoms with E-state index in [1.54, 1.807) is 6.07 Å². The lowest BCUT2D eigenvalue weighted by Gasteiger charge is -2.30. The van der Waals surface area contributed by atoms with Crippen LogP contribution in [0.5, 0.6) is 0 Å². The van der Waals surface area contributed by atoms with Gasteiger partial charge in [-0.25, -0.2) is 4.79 Å². The molecule has 1 unspecified atom stereocenters. The van der Waals surface area contributed by atoms with Gasteiger partial charge >= 0.3 is 5.97 Å². The van der Waals surface area contributed by atoms with E-state index in [1.165, 1.54) is 11.3 Å². The van der Waals surface area contributed by atoms with Gasteiger partial charge in [-0.15, -0.1) is 11.3 Å². The Labute approximate surface area is 129 Å². The Bertz CT molecular complexity index is 490. The second-order valence-corrected chi connectivity index (χ2v) is 7.32. The number of carboxylic acid groups (broad SMARTS) is 1. The lowest BCUT2D eigenvalue weighted by molar-refractivity contribution is -0.144. The third-order valence-electron chi connectivity index (χ3n) is 4.19. The minimum absolute atomic E-state index is 0.0884. The molecule has 1 aliphatic carbocycles. The summed E-state index contributed by atoms with van der Waals surface area (Å²) in [7, 11) is 0. The quantitative estimate of drug-likeness (QED) is 0.844. The first-order valence-corrected chi connectivity index (χ1v) is 8.40. The maximum absolute atomic E-state index is 12.7. The summed E-state index contributed by atoms with van der Waals surface area (Å²) in [6, 6.07) is 2.64. The van der Waals surface area contributed by atoms with Crippen LogP contribution in [0.3, 0.4) is 0 Å². The highest BCUT2D eigenvalue weighted by Crippen LogP contribution is 2.43. The minimum atomic E-state index is -0.997. The van der Waals surface area contributed by atoms with E-state index in [0.717, 1.165) is 32.1 Å². The van der Waals surface area contributed by atoms with Crippen molar-refractivity contribution in [1.82, 2.24) is 5.32 Å². The van der Waals surface area contributed by atoms with Crippen molar-refractivity contribution in [2.75, 3.05) is 0 Å². The summed E-state index contributed by atoms with van der Waals surface area (Å²) in [5, 5.41) is 14.0. The summed E-state index contributed by atoms with van der Waals surface area (Å²) in [5.74, 6) is -0.656. The average Bonchev–Trinajstić information content (AvgIpc) is 3.06. The Kier molecular flexibility index (Phi) is 5.04. The highest BCUT2D eigenvalue weighted by Gasteiger charge is 2.42. The van der Waals surface area contributed by atoms with Crippen molar-refractivity contribution >= 4 is 23.2 Å². The van der Waals surface area contributed by atoms with Gasteiger partial charge in [0.1, 0.15) is 0 Å². The molecule has 21 heavy (non-hydrogen) atoms. The number of carbonyl (C=O) groups excluding carboxylic acids is 1. The Balaban J connectivity index is 2.15. The molecule has 0 radical (unpaired) electrons. The van der Waals surface area contributed by atoms with Crippen molar-refractivity contribution < 1.29 is 14.7 Å². The van der Waals surface area contributed by atoms with Gasteiger partial charge in [0.05, 0.1) is 0 Å². The predicted octanol–water partition coefficient (Wildman–Crippen LogP) is 3.60. The number of aliphatic carboxylic acids is 1. The zero-order valence-electron chi connectivity index (χ0n) is 12.6. The number of amides is 1. The molecule has 0 aliphatic heterocycles. The zero-order valence-corrected chi connectivity index (χ0v) is 13.4. The fourth-order valence-corrected chi connectivity index (χ4v) is 4.12. The van der Waals surface area contributed by atoms with Gasteiger partial charge in [-0.1, -0.05) is 32.8 Å². The topological polar surface area (TPSA) is 66.4 Å². The lowest BCUT2D eigenvalue weighted by atomic mass is 9.77. The van der Waals surface area contributed by atoms with E-state index >= 15 is 0 Å². The van der Waals surface area contributed by atoms with E-state index in [-0.39, 0.29) is 11.3 Å². The van der Waals surface area contributed by atoms with Crippen LogP contribution >= 0.6 is 11.3 Å². The van der Waals surface area contributed by atoms with Crippen LogP contribution in [0.25, 0.3) is 0 Å². The summed E-state index contributed by atoms with van der Waals surface area (Å²) >= 11 is 1.36. The Morgan fingerprint density at radius 1 is 1.38 bits per heavy atom. The molecular formula is C16H23NO3S. The first-order valence-electron chi connectivity index (χ1n) is 7.52. The van der Waals surface area contributed by atoms with Gasteiger partial charge < -0.3 is 10.4 Å². The molecule has 1 aromatic heterocycles. The number of rotatable bonds is 6. The number of thiophene rings is 1. The number of carboxylic acids is 1. The summed E-state index contributed by atoms with van der Waals surface area (Å²) in [4.78, 5) is 24.9. The van der Waals surface area contributed by atoms with Crippen LogP contribution in [-0.2, 0) is 9.59 Å². The first-order chi connectivity index (χ1) is 9.94. The van der Waals surface area contributed by atoms with Crippen molar-refractivity contribution in [2.24, 2.45) is 11.3 Å². The molecule has 4 nitrogen and oxygen atoms in total. The molecule has 1 fully saturated rings.